The van der Waals surface area contributed by atoms with Crippen LogP contribution in [0.3, 0.4) is 0 Å². The number of nitrogens with two attached hydrogens (primary N) is 1. The standard InChI is InChI=1S/C12H21N3O/c1-2-7-15-8-5-11(10-15)9-14-6-3-4-12(13)16/h5,8,10,14H,2-4,6-7,9H2,1H3,(H2,13,16). The Morgan fingerprint density at radius 3 is 3.06 bits per heavy atom. The fraction of sp³-hybridized carbons (Fsp3) is 0.583. The number of primary amides is 1. The molecule has 90 valence electrons. The predicted molar refractivity (Wildman–Crippen MR) is 64.9 cm³/mol. The van der Waals surface area contributed by atoms with Crippen molar-refractivity contribution in [2.75, 3.05) is 6.54 Å². The summed E-state index contributed by atoms with van der Waals surface area (Å²) in [6.45, 7) is 4.93. The van der Waals surface area contributed by atoms with Crippen molar-refractivity contribution in [3.05, 3.63) is 24.0 Å². The van der Waals surface area contributed by atoms with Gasteiger partial charge in [0.15, 0.2) is 0 Å². The Morgan fingerprint density at radius 1 is 1.56 bits per heavy atom. The van der Waals surface area contributed by atoms with Crippen LogP contribution in [0, 0.1) is 0 Å². The van der Waals surface area contributed by atoms with Gasteiger partial charge in [0.25, 0.3) is 0 Å². The van der Waals surface area contributed by atoms with Crippen molar-refractivity contribution in [2.24, 2.45) is 5.73 Å². The highest BCUT2D eigenvalue weighted by Crippen LogP contribution is 2.01. The van der Waals surface area contributed by atoms with Crippen molar-refractivity contribution in [3.8, 4) is 0 Å². The van der Waals surface area contributed by atoms with Crippen LogP contribution in [-0.4, -0.2) is 17.0 Å². The molecule has 3 N–H and O–H groups in total. The van der Waals surface area contributed by atoms with E-state index in [1.165, 1.54) is 5.56 Å². The maximum Gasteiger partial charge on any atom is 0.217 e. The van der Waals surface area contributed by atoms with Crippen molar-refractivity contribution < 1.29 is 4.79 Å². The zero-order valence-corrected chi connectivity index (χ0v) is 9.91. The number of aryl methyl sites for hydroxylation is 1. The van der Waals surface area contributed by atoms with Gasteiger partial charge in [0.2, 0.25) is 5.91 Å². The van der Waals surface area contributed by atoms with Gasteiger partial charge >= 0.3 is 0 Å². The third-order valence-electron chi connectivity index (χ3n) is 2.40. The molecule has 1 aromatic rings. The molecule has 0 aromatic carbocycles. The molecular formula is C12H21N3O. The quantitative estimate of drug-likeness (QED) is 0.652. The molecule has 1 aromatic heterocycles. The summed E-state index contributed by atoms with van der Waals surface area (Å²) in [5.41, 5.74) is 6.34. The third-order valence-corrected chi connectivity index (χ3v) is 2.40. The molecular weight excluding hydrogens is 202 g/mol. The van der Waals surface area contributed by atoms with Crippen LogP contribution in [0.2, 0.25) is 0 Å². The minimum Gasteiger partial charge on any atom is -0.370 e. The zero-order valence-electron chi connectivity index (χ0n) is 9.91. The number of nitrogens with zero attached hydrogens (tertiary/aromatic N) is 1. The predicted octanol–water partition coefficient (Wildman–Crippen LogP) is 1.25. The molecule has 0 atom stereocenters. The number of hydrogen-bond donors (Lipinski definition) is 2. The Morgan fingerprint density at radius 2 is 2.38 bits per heavy atom. The molecule has 4 nitrogen and oxygen atoms in total. The number of hydrogen-bond acceptors (Lipinski definition) is 2. The summed E-state index contributed by atoms with van der Waals surface area (Å²) in [6.07, 6.45) is 6.68. The second kappa shape index (κ2) is 7.06. The van der Waals surface area contributed by atoms with Gasteiger partial charge in [-0.2, -0.15) is 0 Å². The van der Waals surface area contributed by atoms with Gasteiger partial charge in [-0.25, -0.2) is 0 Å². The van der Waals surface area contributed by atoms with E-state index in [1.807, 2.05) is 0 Å². The number of rotatable bonds is 8. The smallest absolute Gasteiger partial charge is 0.217 e. The summed E-state index contributed by atoms with van der Waals surface area (Å²) >= 11 is 0. The van der Waals surface area contributed by atoms with E-state index in [-0.39, 0.29) is 5.91 Å². The van der Waals surface area contributed by atoms with Crippen molar-refractivity contribution in [2.45, 2.75) is 39.3 Å². The fourth-order valence-corrected chi connectivity index (χ4v) is 1.61. The van der Waals surface area contributed by atoms with Crippen LogP contribution in [0.1, 0.15) is 31.7 Å². The monoisotopic (exact) mass is 223 g/mol. The van der Waals surface area contributed by atoms with Gasteiger partial charge in [-0.3, -0.25) is 4.79 Å². The number of carbonyl (C=O) groups is 1. The molecule has 16 heavy (non-hydrogen) atoms. The molecule has 1 rings (SSSR count). The van der Waals surface area contributed by atoms with E-state index in [1.54, 1.807) is 0 Å². The van der Waals surface area contributed by atoms with E-state index in [2.05, 4.69) is 35.3 Å². The first-order valence-electron chi connectivity index (χ1n) is 5.86. The van der Waals surface area contributed by atoms with E-state index in [4.69, 9.17) is 5.73 Å². The van der Waals surface area contributed by atoms with Crippen molar-refractivity contribution in [1.29, 1.82) is 0 Å². The molecule has 0 unspecified atom stereocenters. The molecule has 0 radical (unpaired) electrons. The minimum atomic E-state index is -0.226. The Hall–Kier alpha value is -1.29. The molecule has 0 spiro atoms. The number of amides is 1. The molecule has 0 aliphatic rings. The number of carbonyl (C=O) groups excluding carboxylic acids is 1. The largest absolute Gasteiger partial charge is 0.370 e. The molecule has 0 bridgehead atoms. The average Bonchev–Trinajstić information content (AvgIpc) is 2.65. The Balaban J connectivity index is 2.14. The van der Waals surface area contributed by atoms with Gasteiger partial charge in [0, 0.05) is 31.9 Å². The first-order valence-corrected chi connectivity index (χ1v) is 5.86. The number of aromatic nitrogens is 1. The normalized spacial score (nSPS) is 10.6. The Kier molecular flexibility index (Phi) is 5.64. The molecule has 0 fully saturated rings. The van der Waals surface area contributed by atoms with Crippen LogP contribution in [0.5, 0.6) is 0 Å². The number of nitrogens with one attached hydrogen (secondary N) is 1. The Bertz CT molecular complexity index is 320. The fourth-order valence-electron chi connectivity index (χ4n) is 1.61. The van der Waals surface area contributed by atoms with E-state index in [0.717, 1.165) is 32.5 Å². The van der Waals surface area contributed by atoms with E-state index in [0.29, 0.717) is 6.42 Å². The van der Waals surface area contributed by atoms with E-state index in [9.17, 15) is 4.79 Å². The highest BCUT2D eigenvalue weighted by molar-refractivity contribution is 5.73. The van der Waals surface area contributed by atoms with Crippen molar-refractivity contribution >= 4 is 5.91 Å². The maximum absolute atomic E-state index is 10.5. The molecule has 0 saturated heterocycles. The summed E-state index contributed by atoms with van der Waals surface area (Å²) in [5, 5.41) is 3.29. The van der Waals surface area contributed by atoms with Gasteiger partial charge in [0.1, 0.15) is 0 Å². The topological polar surface area (TPSA) is 60.1 Å². The lowest BCUT2D eigenvalue weighted by molar-refractivity contribution is -0.118. The van der Waals surface area contributed by atoms with E-state index < -0.39 is 0 Å². The summed E-state index contributed by atoms with van der Waals surface area (Å²) in [6, 6.07) is 2.12. The van der Waals surface area contributed by atoms with Crippen LogP contribution in [0.4, 0.5) is 0 Å². The second-order valence-corrected chi connectivity index (χ2v) is 4.00. The Labute approximate surface area is 96.8 Å². The lowest BCUT2D eigenvalue weighted by Gasteiger charge is -2.02. The van der Waals surface area contributed by atoms with Crippen LogP contribution < -0.4 is 11.1 Å². The summed E-state index contributed by atoms with van der Waals surface area (Å²) in [7, 11) is 0. The molecule has 1 amide bonds. The lowest BCUT2D eigenvalue weighted by atomic mass is 10.3. The lowest BCUT2D eigenvalue weighted by Crippen LogP contribution is -2.17. The first kappa shape index (κ1) is 12.8. The van der Waals surface area contributed by atoms with Gasteiger partial charge in [-0.1, -0.05) is 6.92 Å². The maximum atomic E-state index is 10.5. The average molecular weight is 223 g/mol. The van der Waals surface area contributed by atoms with E-state index >= 15 is 0 Å². The second-order valence-electron chi connectivity index (χ2n) is 4.00. The van der Waals surface area contributed by atoms with Crippen molar-refractivity contribution in [3.63, 3.8) is 0 Å². The first-order chi connectivity index (χ1) is 7.72. The highest BCUT2D eigenvalue weighted by Gasteiger charge is 1.97. The van der Waals surface area contributed by atoms with Crippen LogP contribution in [-0.2, 0) is 17.9 Å². The van der Waals surface area contributed by atoms with Gasteiger partial charge < -0.3 is 15.6 Å². The summed E-state index contributed by atoms with van der Waals surface area (Å²) in [5.74, 6) is -0.226. The third kappa shape index (κ3) is 4.98. The van der Waals surface area contributed by atoms with Gasteiger partial charge in [-0.05, 0) is 31.0 Å². The minimum absolute atomic E-state index is 0.226. The molecule has 0 aliphatic carbocycles. The van der Waals surface area contributed by atoms with Gasteiger partial charge in [0.05, 0.1) is 0 Å². The zero-order chi connectivity index (χ0) is 11.8. The molecule has 4 heteroatoms. The van der Waals surface area contributed by atoms with Gasteiger partial charge in [-0.15, -0.1) is 0 Å². The van der Waals surface area contributed by atoms with Crippen LogP contribution in [0.25, 0.3) is 0 Å². The van der Waals surface area contributed by atoms with Crippen LogP contribution in [0.15, 0.2) is 18.5 Å². The molecule has 0 saturated carbocycles. The van der Waals surface area contributed by atoms with Crippen LogP contribution >= 0.6 is 0 Å². The summed E-state index contributed by atoms with van der Waals surface area (Å²) in [4.78, 5) is 10.5. The molecule has 0 aliphatic heterocycles. The SMILES string of the molecule is CCCn1ccc(CNCCCC(N)=O)c1. The summed E-state index contributed by atoms with van der Waals surface area (Å²) < 4.78 is 2.19. The molecule has 1 heterocycles. The highest BCUT2D eigenvalue weighted by atomic mass is 16.1. The van der Waals surface area contributed by atoms with Crippen molar-refractivity contribution in [1.82, 2.24) is 9.88 Å².